The second kappa shape index (κ2) is 10.3. The van der Waals surface area contributed by atoms with Gasteiger partial charge in [0.15, 0.2) is 0 Å². The molecule has 1 aliphatic rings. The number of carbonyl (C=O) groups is 2. The smallest absolute Gasteiger partial charge is 0.347 e. The van der Waals surface area contributed by atoms with E-state index < -0.39 is 29.4 Å². The highest BCUT2D eigenvalue weighted by molar-refractivity contribution is 7.09. The first-order valence-electron chi connectivity index (χ1n) is 10.8. The maximum atomic E-state index is 14.1. The highest BCUT2D eigenvalue weighted by atomic mass is 35.5. The zero-order valence-corrected chi connectivity index (χ0v) is 19.8. The predicted octanol–water partition coefficient (Wildman–Crippen LogP) is 5.90. The Morgan fingerprint density at radius 2 is 1.80 bits per heavy atom. The molecule has 1 saturated heterocycles. The standard InChI is InChI=1S/C24H20ClF4N3O2S/c25-17-2-1-3-18(26)20(17)23(34)32-10-8-15(9-11-32)22-31-19(13-35-22)21(33)30-12-14-4-6-16(7-5-14)24(27,28)29/h1-7,13,15H,8-12H2,(H,30,33). The zero-order valence-electron chi connectivity index (χ0n) is 18.2. The summed E-state index contributed by atoms with van der Waals surface area (Å²) in [5, 5.41) is 5.13. The third kappa shape index (κ3) is 5.82. The number of thiazole rings is 1. The van der Waals surface area contributed by atoms with E-state index in [1.165, 1.54) is 41.7 Å². The number of halogens is 5. The number of piperidine rings is 1. The molecule has 3 aromatic rings. The lowest BCUT2D eigenvalue weighted by atomic mass is 9.97. The Morgan fingerprint density at radius 1 is 1.11 bits per heavy atom. The van der Waals surface area contributed by atoms with Crippen LogP contribution < -0.4 is 5.32 Å². The normalized spacial score (nSPS) is 14.7. The molecule has 2 aromatic carbocycles. The third-order valence-corrected chi connectivity index (χ3v) is 7.12. The van der Waals surface area contributed by atoms with Crippen LogP contribution in [0.3, 0.4) is 0 Å². The average molecular weight is 526 g/mol. The molecule has 0 unspecified atom stereocenters. The summed E-state index contributed by atoms with van der Waals surface area (Å²) in [4.78, 5) is 31.2. The molecule has 0 bridgehead atoms. The van der Waals surface area contributed by atoms with Crippen molar-refractivity contribution in [2.24, 2.45) is 0 Å². The van der Waals surface area contributed by atoms with Gasteiger partial charge >= 0.3 is 6.18 Å². The van der Waals surface area contributed by atoms with Gasteiger partial charge in [0.05, 0.1) is 21.2 Å². The van der Waals surface area contributed by atoms with Crippen molar-refractivity contribution in [3.8, 4) is 0 Å². The molecule has 1 aliphatic heterocycles. The number of carbonyl (C=O) groups excluding carboxylic acids is 2. The van der Waals surface area contributed by atoms with Crippen LogP contribution in [0.15, 0.2) is 47.8 Å². The van der Waals surface area contributed by atoms with Crippen molar-refractivity contribution in [3.05, 3.63) is 86.1 Å². The Bertz CT molecular complexity index is 1200. The van der Waals surface area contributed by atoms with Crippen molar-refractivity contribution >= 4 is 34.8 Å². The number of likely N-dealkylation sites (tertiary alicyclic amines) is 1. The molecule has 184 valence electrons. The van der Waals surface area contributed by atoms with Gasteiger partial charge in [-0.3, -0.25) is 9.59 Å². The van der Waals surface area contributed by atoms with Crippen molar-refractivity contribution in [1.82, 2.24) is 15.2 Å². The van der Waals surface area contributed by atoms with Crippen LogP contribution in [-0.2, 0) is 12.7 Å². The summed E-state index contributed by atoms with van der Waals surface area (Å²) in [6.07, 6.45) is -3.19. The van der Waals surface area contributed by atoms with Crippen LogP contribution in [0.5, 0.6) is 0 Å². The minimum absolute atomic E-state index is 0.0524. The second-order valence-corrected chi connectivity index (χ2v) is 9.41. The van der Waals surface area contributed by atoms with Gasteiger partial charge in [0.2, 0.25) is 0 Å². The van der Waals surface area contributed by atoms with Crippen LogP contribution >= 0.6 is 22.9 Å². The molecule has 0 radical (unpaired) electrons. The summed E-state index contributed by atoms with van der Waals surface area (Å²) in [7, 11) is 0. The van der Waals surface area contributed by atoms with E-state index in [1.54, 1.807) is 10.3 Å². The van der Waals surface area contributed by atoms with E-state index in [4.69, 9.17) is 11.6 Å². The number of rotatable bonds is 5. The molecule has 5 nitrogen and oxygen atoms in total. The van der Waals surface area contributed by atoms with Crippen LogP contribution in [0.2, 0.25) is 5.02 Å². The molecule has 0 aliphatic carbocycles. The Kier molecular flexibility index (Phi) is 7.42. The predicted molar refractivity (Wildman–Crippen MR) is 124 cm³/mol. The Labute approximate surface area is 207 Å². The topological polar surface area (TPSA) is 62.3 Å². The minimum Gasteiger partial charge on any atom is -0.347 e. The molecule has 0 saturated carbocycles. The van der Waals surface area contributed by atoms with Crippen LogP contribution in [0, 0.1) is 5.82 Å². The van der Waals surface area contributed by atoms with Crippen molar-refractivity contribution in [2.45, 2.75) is 31.5 Å². The summed E-state index contributed by atoms with van der Waals surface area (Å²) in [6.45, 7) is 0.884. The van der Waals surface area contributed by atoms with E-state index in [0.29, 0.717) is 31.5 Å². The average Bonchev–Trinajstić information content (AvgIpc) is 3.33. The SMILES string of the molecule is O=C(NCc1ccc(C(F)(F)F)cc1)c1csc(C2CCN(C(=O)c3c(F)cccc3Cl)CC2)n1. The second-order valence-electron chi connectivity index (χ2n) is 8.11. The number of nitrogens with one attached hydrogen (secondary N) is 1. The number of amides is 2. The first kappa shape index (κ1) is 25.1. The van der Waals surface area contributed by atoms with E-state index in [0.717, 1.165) is 17.1 Å². The number of aromatic nitrogens is 1. The highest BCUT2D eigenvalue weighted by Crippen LogP contribution is 2.32. The largest absolute Gasteiger partial charge is 0.416 e. The maximum absolute atomic E-state index is 14.1. The Hall–Kier alpha value is -2.98. The first-order chi connectivity index (χ1) is 16.6. The van der Waals surface area contributed by atoms with E-state index in [2.05, 4.69) is 10.3 Å². The number of hydrogen-bond acceptors (Lipinski definition) is 4. The number of benzene rings is 2. The summed E-state index contributed by atoms with van der Waals surface area (Å²) in [5.74, 6) is -1.48. The summed E-state index contributed by atoms with van der Waals surface area (Å²) >= 11 is 7.35. The lowest BCUT2D eigenvalue weighted by Gasteiger charge is -2.31. The summed E-state index contributed by atoms with van der Waals surface area (Å²) in [6, 6.07) is 8.70. The van der Waals surface area contributed by atoms with Gasteiger partial charge in [-0.2, -0.15) is 13.2 Å². The van der Waals surface area contributed by atoms with Gasteiger partial charge in [-0.15, -0.1) is 11.3 Å². The molecular weight excluding hydrogens is 506 g/mol. The fourth-order valence-electron chi connectivity index (χ4n) is 3.85. The van der Waals surface area contributed by atoms with Gasteiger partial charge in [0.1, 0.15) is 11.5 Å². The van der Waals surface area contributed by atoms with E-state index in [9.17, 15) is 27.2 Å². The zero-order chi connectivity index (χ0) is 25.2. The molecule has 1 fully saturated rings. The summed E-state index contributed by atoms with van der Waals surface area (Å²) in [5.41, 5.74) is -0.113. The van der Waals surface area contributed by atoms with Gasteiger partial charge < -0.3 is 10.2 Å². The molecular formula is C24H20ClF4N3O2S. The van der Waals surface area contributed by atoms with Crippen LogP contribution in [0.1, 0.15) is 55.7 Å². The minimum atomic E-state index is -4.41. The molecule has 0 spiro atoms. The monoisotopic (exact) mass is 525 g/mol. The van der Waals surface area contributed by atoms with E-state index in [-0.39, 0.29) is 28.7 Å². The molecule has 2 heterocycles. The molecule has 2 amide bonds. The quantitative estimate of drug-likeness (QED) is 0.422. The van der Waals surface area contributed by atoms with Crippen molar-refractivity contribution in [1.29, 1.82) is 0 Å². The maximum Gasteiger partial charge on any atom is 0.416 e. The molecule has 4 rings (SSSR count). The fraction of sp³-hybridized carbons (Fsp3) is 0.292. The Morgan fingerprint density at radius 3 is 2.43 bits per heavy atom. The molecule has 1 N–H and O–H groups in total. The van der Waals surface area contributed by atoms with Gasteiger partial charge in [-0.1, -0.05) is 29.8 Å². The third-order valence-electron chi connectivity index (χ3n) is 5.80. The van der Waals surface area contributed by atoms with Crippen LogP contribution in [-0.4, -0.2) is 34.8 Å². The summed E-state index contributed by atoms with van der Waals surface area (Å²) < 4.78 is 52.1. The molecule has 1 aromatic heterocycles. The van der Waals surface area contributed by atoms with Gasteiger partial charge in [-0.05, 0) is 42.7 Å². The van der Waals surface area contributed by atoms with E-state index in [1.807, 2.05) is 0 Å². The van der Waals surface area contributed by atoms with Crippen molar-refractivity contribution in [3.63, 3.8) is 0 Å². The van der Waals surface area contributed by atoms with E-state index >= 15 is 0 Å². The number of nitrogens with zero attached hydrogens (tertiary/aromatic N) is 2. The highest BCUT2D eigenvalue weighted by Gasteiger charge is 2.30. The van der Waals surface area contributed by atoms with Crippen molar-refractivity contribution < 1.29 is 27.2 Å². The van der Waals surface area contributed by atoms with Crippen molar-refractivity contribution in [2.75, 3.05) is 13.1 Å². The van der Waals surface area contributed by atoms with Crippen LogP contribution in [0.4, 0.5) is 17.6 Å². The Balaban J connectivity index is 1.31. The lowest BCUT2D eigenvalue weighted by molar-refractivity contribution is -0.137. The molecule has 35 heavy (non-hydrogen) atoms. The number of hydrogen-bond donors (Lipinski definition) is 1. The van der Waals surface area contributed by atoms with Gasteiger partial charge in [0, 0.05) is 30.9 Å². The number of alkyl halides is 3. The fourth-order valence-corrected chi connectivity index (χ4v) is 5.07. The molecule has 11 heteroatoms. The first-order valence-corrected chi connectivity index (χ1v) is 12.0. The van der Waals surface area contributed by atoms with Crippen LogP contribution in [0.25, 0.3) is 0 Å². The van der Waals surface area contributed by atoms with Gasteiger partial charge in [0.25, 0.3) is 11.8 Å². The van der Waals surface area contributed by atoms with Gasteiger partial charge in [-0.25, -0.2) is 9.37 Å². The lowest BCUT2D eigenvalue weighted by Crippen LogP contribution is -2.38. The molecule has 0 atom stereocenters.